The van der Waals surface area contributed by atoms with Crippen LogP contribution in [0.2, 0.25) is 0 Å². The van der Waals surface area contributed by atoms with E-state index in [9.17, 15) is 5.11 Å². The third kappa shape index (κ3) is 4.74. The summed E-state index contributed by atoms with van der Waals surface area (Å²) in [6.45, 7) is 2.28. The summed E-state index contributed by atoms with van der Waals surface area (Å²) in [5.41, 5.74) is 8.75. The van der Waals surface area contributed by atoms with Gasteiger partial charge in [0.05, 0.1) is 10.6 Å². The van der Waals surface area contributed by atoms with Gasteiger partial charge in [0.1, 0.15) is 16.9 Å². The van der Waals surface area contributed by atoms with Crippen LogP contribution in [0.4, 0.5) is 11.6 Å². The SMILES string of the molecule is Cc1cc(Nc2nccc(OC(CN)c3ccncn3)n2)cc(-c2cnc(C3(O)CCC3)s2)c1. The van der Waals surface area contributed by atoms with Crippen LogP contribution in [0.5, 0.6) is 5.88 Å². The quantitative estimate of drug-likeness (QED) is 0.347. The Balaban J connectivity index is 1.34. The highest BCUT2D eigenvalue weighted by Gasteiger charge is 2.39. The molecule has 1 aliphatic rings. The van der Waals surface area contributed by atoms with Gasteiger partial charge in [0.2, 0.25) is 11.8 Å². The van der Waals surface area contributed by atoms with E-state index >= 15 is 0 Å². The third-order valence-corrected chi connectivity index (χ3v) is 6.98. The van der Waals surface area contributed by atoms with Crippen molar-refractivity contribution in [1.82, 2.24) is 24.9 Å². The van der Waals surface area contributed by atoms with Crippen molar-refractivity contribution in [3.8, 4) is 16.3 Å². The van der Waals surface area contributed by atoms with E-state index in [1.165, 1.54) is 17.7 Å². The Hall–Kier alpha value is -3.47. The lowest BCUT2D eigenvalue weighted by Gasteiger charge is -2.34. The zero-order valence-corrected chi connectivity index (χ0v) is 19.5. The van der Waals surface area contributed by atoms with Gasteiger partial charge in [0, 0.05) is 36.9 Å². The Kier molecular flexibility index (Phi) is 6.18. The molecule has 1 aromatic carbocycles. The molecular weight excluding hydrogens is 450 g/mol. The molecule has 1 aliphatic carbocycles. The highest BCUT2D eigenvalue weighted by molar-refractivity contribution is 7.15. The molecule has 3 aromatic heterocycles. The maximum Gasteiger partial charge on any atom is 0.230 e. The molecule has 4 aromatic rings. The van der Waals surface area contributed by atoms with E-state index in [0.717, 1.165) is 46.0 Å². The summed E-state index contributed by atoms with van der Waals surface area (Å²) in [7, 11) is 0. The van der Waals surface area contributed by atoms with E-state index in [-0.39, 0.29) is 6.54 Å². The van der Waals surface area contributed by atoms with Gasteiger partial charge < -0.3 is 20.9 Å². The van der Waals surface area contributed by atoms with Gasteiger partial charge >= 0.3 is 0 Å². The maximum atomic E-state index is 10.6. The first kappa shape index (κ1) is 22.3. The van der Waals surface area contributed by atoms with Crippen LogP contribution >= 0.6 is 11.3 Å². The lowest BCUT2D eigenvalue weighted by atomic mass is 9.81. The van der Waals surface area contributed by atoms with Crippen LogP contribution in [-0.4, -0.2) is 36.6 Å². The molecule has 9 nitrogen and oxygen atoms in total. The van der Waals surface area contributed by atoms with Crippen LogP contribution in [-0.2, 0) is 5.60 Å². The first-order chi connectivity index (χ1) is 16.5. The van der Waals surface area contributed by atoms with Crippen molar-refractivity contribution in [2.75, 3.05) is 11.9 Å². The van der Waals surface area contributed by atoms with Crippen molar-refractivity contribution in [2.24, 2.45) is 5.73 Å². The fourth-order valence-corrected chi connectivity index (χ4v) is 4.86. The Labute approximate surface area is 201 Å². The molecule has 1 unspecified atom stereocenters. The summed E-state index contributed by atoms with van der Waals surface area (Å²) in [5, 5.41) is 14.7. The first-order valence-corrected chi connectivity index (χ1v) is 11.9. The van der Waals surface area contributed by atoms with Crippen LogP contribution in [0.15, 0.2) is 55.2 Å². The number of benzene rings is 1. The topological polar surface area (TPSA) is 132 Å². The molecule has 174 valence electrons. The average molecular weight is 476 g/mol. The van der Waals surface area contributed by atoms with Gasteiger partial charge in [-0.15, -0.1) is 11.3 Å². The molecule has 1 saturated carbocycles. The minimum absolute atomic E-state index is 0.247. The molecule has 3 heterocycles. The van der Waals surface area contributed by atoms with Crippen LogP contribution in [0.3, 0.4) is 0 Å². The molecule has 34 heavy (non-hydrogen) atoms. The van der Waals surface area contributed by atoms with Crippen molar-refractivity contribution < 1.29 is 9.84 Å². The van der Waals surface area contributed by atoms with Crippen molar-refractivity contribution in [3.63, 3.8) is 0 Å². The summed E-state index contributed by atoms with van der Waals surface area (Å²) in [4.78, 5) is 22.5. The predicted molar refractivity (Wildman–Crippen MR) is 130 cm³/mol. The Morgan fingerprint density at radius 1 is 1.18 bits per heavy atom. The van der Waals surface area contributed by atoms with E-state index < -0.39 is 11.7 Å². The Morgan fingerprint density at radius 2 is 2.06 bits per heavy atom. The number of ether oxygens (including phenoxy) is 1. The number of anilines is 2. The minimum Gasteiger partial charge on any atom is -0.466 e. The van der Waals surface area contributed by atoms with E-state index in [2.05, 4.69) is 36.3 Å². The van der Waals surface area contributed by atoms with Crippen LogP contribution < -0.4 is 15.8 Å². The number of aliphatic hydroxyl groups is 1. The second-order valence-corrected chi connectivity index (χ2v) is 9.35. The first-order valence-electron chi connectivity index (χ1n) is 11.1. The Bertz CT molecular complexity index is 1280. The molecule has 0 spiro atoms. The lowest BCUT2D eigenvalue weighted by Crippen LogP contribution is -2.33. The summed E-state index contributed by atoms with van der Waals surface area (Å²) >= 11 is 1.54. The second kappa shape index (κ2) is 9.41. The molecule has 1 atom stereocenters. The van der Waals surface area contributed by atoms with Crippen molar-refractivity contribution >= 4 is 23.0 Å². The summed E-state index contributed by atoms with van der Waals surface area (Å²) in [6, 6.07) is 9.59. The predicted octanol–water partition coefficient (Wildman–Crippen LogP) is 3.89. The Morgan fingerprint density at radius 3 is 2.79 bits per heavy atom. The van der Waals surface area contributed by atoms with Crippen LogP contribution in [0.25, 0.3) is 10.4 Å². The maximum absolute atomic E-state index is 10.6. The van der Waals surface area contributed by atoms with Crippen LogP contribution in [0, 0.1) is 6.92 Å². The molecule has 5 rings (SSSR count). The number of nitrogens with two attached hydrogens (primary N) is 1. The van der Waals surface area contributed by atoms with E-state index in [4.69, 9.17) is 10.5 Å². The number of aryl methyl sites for hydroxylation is 1. The zero-order valence-electron chi connectivity index (χ0n) is 18.7. The second-order valence-electron chi connectivity index (χ2n) is 8.32. The molecule has 0 bridgehead atoms. The largest absolute Gasteiger partial charge is 0.466 e. The van der Waals surface area contributed by atoms with Gasteiger partial charge in [-0.3, -0.25) is 0 Å². The molecule has 1 fully saturated rings. The fraction of sp³-hybridized carbons (Fsp3) is 0.292. The molecule has 0 saturated heterocycles. The van der Waals surface area contributed by atoms with Crippen molar-refractivity contribution in [2.45, 2.75) is 37.9 Å². The van der Waals surface area contributed by atoms with Crippen molar-refractivity contribution in [1.29, 1.82) is 0 Å². The standard InChI is InChI=1S/C24H25N7O2S/c1-15-9-16(20-13-28-22(34-20)24(32)5-2-6-24)11-17(10-15)30-23-27-8-4-21(31-23)33-19(12-25)18-3-7-26-14-29-18/h3-4,7-11,13-14,19,32H,2,5-6,12,25H2,1H3,(H,27,30,31). The summed E-state index contributed by atoms with van der Waals surface area (Å²) in [5.74, 6) is 0.793. The van der Waals surface area contributed by atoms with E-state index in [1.54, 1.807) is 24.5 Å². The molecule has 4 N–H and O–H groups in total. The monoisotopic (exact) mass is 475 g/mol. The molecule has 0 amide bonds. The van der Waals surface area contributed by atoms with Crippen LogP contribution in [0.1, 0.15) is 41.6 Å². The molecule has 0 aliphatic heterocycles. The third-order valence-electron chi connectivity index (χ3n) is 5.74. The number of thiazole rings is 1. The van der Waals surface area contributed by atoms with E-state index in [0.29, 0.717) is 17.5 Å². The smallest absolute Gasteiger partial charge is 0.230 e. The van der Waals surface area contributed by atoms with Gasteiger partial charge in [0.15, 0.2) is 6.10 Å². The van der Waals surface area contributed by atoms with Gasteiger partial charge in [-0.1, -0.05) is 6.07 Å². The summed E-state index contributed by atoms with van der Waals surface area (Å²) < 4.78 is 5.96. The zero-order chi connectivity index (χ0) is 23.5. The minimum atomic E-state index is -0.755. The highest BCUT2D eigenvalue weighted by atomic mass is 32.1. The normalized spacial score (nSPS) is 15.4. The average Bonchev–Trinajstić information content (AvgIpc) is 3.32. The number of hydrogen-bond acceptors (Lipinski definition) is 10. The molecule has 0 radical (unpaired) electrons. The number of rotatable bonds is 8. The summed E-state index contributed by atoms with van der Waals surface area (Å²) in [6.07, 6.45) is 8.72. The number of nitrogens with zero attached hydrogens (tertiary/aromatic N) is 5. The van der Waals surface area contributed by atoms with Gasteiger partial charge in [-0.2, -0.15) is 4.98 Å². The number of hydrogen-bond donors (Lipinski definition) is 3. The lowest BCUT2D eigenvalue weighted by molar-refractivity contribution is -0.0389. The van der Waals surface area contributed by atoms with E-state index in [1.807, 2.05) is 25.3 Å². The molecule has 10 heteroatoms. The number of nitrogens with one attached hydrogen (secondary N) is 1. The van der Waals surface area contributed by atoms with Crippen molar-refractivity contribution in [3.05, 3.63) is 71.5 Å². The highest BCUT2D eigenvalue weighted by Crippen LogP contribution is 2.44. The van der Waals surface area contributed by atoms with Gasteiger partial charge in [0.25, 0.3) is 0 Å². The molecular formula is C24H25N7O2S. The number of aromatic nitrogens is 5. The van der Waals surface area contributed by atoms with Gasteiger partial charge in [-0.25, -0.2) is 19.9 Å². The van der Waals surface area contributed by atoms with Gasteiger partial charge in [-0.05, 0) is 55.5 Å². The fourth-order valence-electron chi connectivity index (χ4n) is 3.81.